The fourth-order valence-corrected chi connectivity index (χ4v) is 11.0. The van der Waals surface area contributed by atoms with E-state index in [-0.39, 0.29) is 0 Å². The average molecular weight is 869 g/mol. The van der Waals surface area contributed by atoms with E-state index in [1.54, 1.807) is 0 Å². The maximum Gasteiger partial charge on any atom is 0.159 e. The molecule has 0 unspecified atom stereocenters. The van der Waals surface area contributed by atoms with Gasteiger partial charge in [-0.3, -0.25) is 0 Å². The Balaban J connectivity index is 1.06. The van der Waals surface area contributed by atoms with Gasteiger partial charge in [-0.15, -0.1) is 0 Å². The van der Waals surface area contributed by atoms with Gasteiger partial charge in [-0.2, -0.15) is 0 Å². The molecular formula is C65H44N2O. The molecule has 1 heterocycles. The van der Waals surface area contributed by atoms with Crippen molar-refractivity contribution in [3.63, 3.8) is 0 Å². The SMILES string of the molecule is c1ccc(-c2ccc(N(c3cccc4c3-c3ccccc3C4(c3ccccc3)c3ccccc3)c3ccc4cccc5c4c3Oc3cc(N(c4ccccc4)c4ccccc4)ccc3-5)cc2)cc1. The molecule has 0 amide bonds. The Morgan fingerprint density at radius 2 is 0.853 bits per heavy atom. The molecule has 0 radical (unpaired) electrons. The molecule has 0 bridgehead atoms. The van der Waals surface area contributed by atoms with Crippen LogP contribution in [0.4, 0.5) is 34.1 Å². The Morgan fingerprint density at radius 3 is 1.53 bits per heavy atom. The number of fused-ring (bicyclic) bond motifs is 5. The highest BCUT2D eigenvalue weighted by molar-refractivity contribution is 6.09. The number of para-hydroxylation sites is 2. The van der Waals surface area contributed by atoms with Gasteiger partial charge in [-0.1, -0.05) is 200 Å². The molecule has 11 aromatic rings. The molecule has 1 aliphatic carbocycles. The van der Waals surface area contributed by atoms with Crippen molar-refractivity contribution in [2.75, 3.05) is 9.80 Å². The summed E-state index contributed by atoms with van der Waals surface area (Å²) >= 11 is 0. The first-order valence-electron chi connectivity index (χ1n) is 23.3. The van der Waals surface area contributed by atoms with Gasteiger partial charge in [0.05, 0.1) is 16.8 Å². The molecule has 0 spiro atoms. The van der Waals surface area contributed by atoms with E-state index in [0.717, 1.165) is 73.1 Å². The number of nitrogens with zero attached hydrogens (tertiary/aromatic N) is 2. The van der Waals surface area contributed by atoms with Crippen molar-refractivity contribution < 1.29 is 4.74 Å². The van der Waals surface area contributed by atoms with Gasteiger partial charge in [0.15, 0.2) is 5.75 Å². The Hall–Kier alpha value is -8.92. The first-order chi connectivity index (χ1) is 33.8. The Labute approximate surface area is 397 Å². The summed E-state index contributed by atoms with van der Waals surface area (Å²) in [5, 5.41) is 2.22. The quantitative estimate of drug-likeness (QED) is 0.144. The molecule has 0 saturated carbocycles. The van der Waals surface area contributed by atoms with E-state index in [1.807, 2.05) is 0 Å². The number of hydrogen-bond donors (Lipinski definition) is 0. The van der Waals surface area contributed by atoms with Crippen LogP contribution in [0.2, 0.25) is 0 Å². The van der Waals surface area contributed by atoms with Gasteiger partial charge in [-0.05, 0) is 111 Å². The monoisotopic (exact) mass is 868 g/mol. The summed E-state index contributed by atoms with van der Waals surface area (Å²) in [6, 6.07) is 96.5. The molecule has 11 aromatic carbocycles. The lowest BCUT2D eigenvalue weighted by atomic mass is 9.68. The fraction of sp³-hybridized carbons (Fsp3) is 0.0154. The molecule has 13 rings (SSSR count). The summed E-state index contributed by atoms with van der Waals surface area (Å²) in [5.41, 5.74) is 17.6. The van der Waals surface area contributed by atoms with Crippen LogP contribution in [-0.2, 0) is 5.41 Å². The molecule has 3 nitrogen and oxygen atoms in total. The number of rotatable bonds is 9. The molecule has 0 aromatic heterocycles. The van der Waals surface area contributed by atoms with Crippen LogP contribution in [0.1, 0.15) is 22.3 Å². The van der Waals surface area contributed by atoms with Crippen molar-refractivity contribution in [3.8, 4) is 44.9 Å². The van der Waals surface area contributed by atoms with Crippen LogP contribution in [0, 0.1) is 0 Å². The molecule has 0 N–H and O–H groups in total. The molecule has 0 fully saturated rings. The smallest absolute Gasteiger partial charge is 0.159 e. The average Bonchev–Trinajstić information content (AvgIpc) is 3.72. The maximum atomic E-state index is 7.46. The summed E-state index contributed by atoms with van der Waals surface area (Å²) in [4.78, 5) is 4.74. The highest BCUT2D eigenvalue weighted by Gasteiger charge is 2.47. The second kappa shape index (κ2) is 16.2. The van der Waals surface area contributed by atoms with E-state index >= 15 is 0 Å². The molecule has 1 aliphatic heterocycles. The molecule has 2 aliphatic rings. The zero-order valence-corrected chi connectivity index (χ0v) is 37.2. The Kier molecular flexibility index (Phi) is 9.40. The van der Waals surface area contributed by atoms with Crippen molar-refractivity contribution in [3.05, 3.63) is 289 Å². The minimum absolute atomic E-state index is 0.562. The Morgan fingerprint density at radius 1 is 0.324 bits per heavy atom. The second-order valence-corrected chi connectivity index (χ2v) is 17.6. The second-order valence-electron chi connectivity index (χ2n) is 17.6. The first-order valence-corrected chi connectivity index (χ1v) is 23.3. The molecular weight excluding hydrogens is 825 g/mol. The topological polar surface area (TPSA) is 15.7 Å². The lowest BCUT2D eigenvalue weighted by Crippen LogP contribution is -2.28. The van der Waals surface area contributed by atoms with Crippen LogP contribution in [0.25, 0.3) is 44.2 Å². The van der Waals surface area contributed by atoms with E-state index in [9.17, 15) is 0 Å². The third-order valence-electron chi connectivity index (χ3n) is 13.9. The van der Waals surface area contributed by atoms with Gasteiger partial charge in [0.25, 0.3) is 0 Å². The van der Waals surface area contributed by atoms with Gasteiger partial charge < -0.3 is 14.5 Å². The Bertz CT molecular complexity index is 3550. The first kappa shape index (κ1) is 39.4. The predicted molar refractivity (Wildman–Crippen MR) is 282 cm³/mol. The van der Waals surface area contributed by atoms with Crippen molar-refractivity contribution in [2.24, 2.45) is 0 Å². The molecule has 320 valence electrons. The third-order valence-corrected chi connectivity index (χ3v) is 13.9. The van der Waals surface area contributed by atoms with Crippen LogP contribution in [0.15, 0.2) is 267 Å². The number of anilines is 6. The highest BCUT2D eigenvalue weighted by atomic mass is 16.5. The maximum absolute atomic E-state index is 7.46. The molecule has 0 atom stereocenters. The largest absolute Gasteiger partial charge is 0.454 e. The van der Waals surface area contributed by atoms with Gasteiger partial charge in [0.1, 0.15) is 5.75 Å². The summed E-state index contributed by atoms with van der Waals surface area (Å²) in [6.07, 6.45) is 0. The third kappa shape index (κ3) is 6.21. The molecule has 68 heavy (non-hydrogen) atoms. The predicted octanol–water partition coefficient (Wildman–Crippen LogP) is 17.6. The van der Waals surface area contributed by atoms with Crippen molar-refractivity contribution in [2.45, 2.75) is 5.41 Å². The van der Waals surface area contributed by atoms with Gasteiger partial charge in [0, 0.05) is 45.3 Å². The summed E-state index contributed by atoms with van der Waals surface area (Å²) in [7, 11) is 0. The van der Waals surface area contributed by atoms with Crippen molar-refractivity contribution in [1.29, 1.82) is 0 Å². The molecule has 0 saturated heterocycles. The van der Waals surface area contributed by atoms with Crippen LogP contribution < -0.4 is 14.5 Å². The van der Waals surface area contributed by atoms with Crippen LogP contribution in [-0.4, -0.2) is 0 Å². The van der Waals surface area contributed by atoms with E-state index in [2.05, 4.69) is 277 Å². The lowest BCUT2D eigenvalue weighted by Gasteiger charge is -2.35. The fourth-order valence-electron chi connectivity index (χ4n) is 11.0. The molecule has 3 heteroatoms. The normalized spacial score (nSPS) is 12.6. The van der Waals surface area contributed by atoms with Crippen molar-refractivity contribution >= 4 is 44.9 Å². The van der Waals surface area contributed by atoms with Gasteiger partial charge in [-0.25, -0.2) is 0 Å². The van der Waals surface area contributed by atoms with E-state index < -0.39 is 5.41 Å². The van der Waals surface area contributed by atoms with Crippen LogP contribution in [0.5, 0.6) is 11.5 Å². The lowest BCUT2D eigenvalue weighted by molar-refractivity contribution is 0.488. The van der Waals surface area contributed by atoms with E-state index in [0.29, 0.717) is 0 Å². The van der Waals surface area contributed by atoms with E-state index in [4.69, 9.17) is 4.74 Å². The van der Waals surface area contributed by atoms with Crippen LogP contribution in [0.3, 0.4) is 0 Å². The zero-order chi connectivity index (χ0) is 45.0. The number of hydrogen-bond acceptors (Lipinski definition) is 3. The van der Waals surface area contributed by atoms with Gasteiger partial charge >= 0.3 is 0 Å². The van der Waals surface area contributed by atoms with Crippen molar-refractivity contribution in [1.82, 2.24) is 0 Å². The standard InChI is InChI=1S/C65H44N2O/c1-6-20-45(21-7-1)46-36-39-52(40-37-46)67(59-35-19-34-58-63(59)56-31-16-17-33-57(56)65(58,48-23-8-2-9-24-48)49-25-10-3-11-26-49)60-43-38-47-22-18-32-55-54-42-41-53(44-61(54)68-64(60)62(47)55)66(50-27-12-4-13-28-50)51-29-14-5-15-30-51/h1-44H. The van der Waals surface area contributed by atoms with Gasteiger partial charge in [0.2, 0.25) is 0 Å². The summed E-state index contributed by atoms with van der Waals surface area (Å²) in [5.74, 6) is 1.63. The minimum atomic E-state index is -0.562. The zero-order valence-electron chi connectivity index (χ0n) is 37.2. The number of ether oxygens (including phenoxy) is 1. The number of benzene rings is 11. The highest BCUT2D eigenvalue weighted by Crippen LogP contribution is 2.61. The van der Waals surface area contributed by atoms with E-state index in [1.165, 1.54) is 38.9 Å². The summed E-state index contributed by atoms with van der Waals surface area (Å²) in [6.45, 7) is 0. The minimum Gasteiger partial charge on any atom is -0.454 e. The summed E-state index contributed by atoms with van der Waals surface area (Å²) < 4.78 is 7.46. The van der Waals surface area contributed by atoms with Crippen LogP contribution >= 0.6 is 0 Å².